The molecule has 0 saturated carbocycles. The summed E-state index contributed by atoms with van der Waals surface area (Å²) in [5.41, 5.74) is 1.25. The van der Waals surface area contributed by atoms with E-state index < -0.39 is 0 Å². The smallest absolute Gasteiger partial charge is 0.220 e. The van der Waals surface area contributed by atoms with Crippen molar-refractivity contribution in [1.82, 2.24) is 5.32 Å². The van der Waals surface area contributed by atoms with E-state index in [1.807, 2.05) is 6.07 Å². The largest absolute Gasteiger partial charge is 0.372 e. The Morgan fingerprint density at radius 1 is 1.33 bits per heavy atom. The summed E-state index contributed by atoms with van der Waals surface area (Å²) in [4.78, 5) is 14.2. The standard InChI is InChI=1S/C18H26N2O/c1-2-20(17-11-4-3-5-12-17)14-8-13-19-18(21)15-16-9-6-7-10-16/h3-6,9,11-12,16H,2,7-8,10,13-15H2,1H3,(H,19,21). The third-order valence-electron chi connectivity index (χ3n) is 3.99. The highest BCUT2D eigenvalue weighted by Gasteiger charge is 2.13. The van der Waals surface area contributed by atoms with Gasteiger partial charge in [0.2, 0.25) is 5.91 Å². The van der Waals surface area contributed by atoms with Gasteiger partial charge in [-0.15, -0.1) is 0 Å². The zero-order chi connectivity index (χ0) is 14.9. The van der Waals surface area contributed by atoms with E-state index in [2.05, 4.69) is 53.6 Å². The van der Waals surface area contributed by atoms with Crippen molar-refractivity contribution in [3.05, 3.63) is 42.5 Å². The number of nitrogens with one attached hydrogen (secondary N) is 1. The average molecular weight is 286 g/mol. The van der Waals surface area contributed by atoms with Crippen molar-refractivity contribution in [1.29, 1.82) is 0 Å². The lowest BCUT2D eigenvalue weighted by Crippen LogP contribution is -2.30. The zero-order valence-corrected chi connectivity index (χ0v) is 12.9. The average Bonchev–Trinajstić information content (AvgIpc) is 3.01. The lowest BCUT2D eigenvalue weighted by atomic mass is 10.1. The third kappa shape index (κ3) is 5.25. The minimum Gasteiger partial charge on any atom is -0.372 e. The summed E-state index contributed by atoms with van der Waals surface area (Å²) in [6.45, 7) is 4.89. The number of nitrogens with zero attached hydrogens (tertiary/aromatic N) is 1. The van der Waals surface area contributed by atoms with Crippen LogP contribution >= 0.6 is 0 Å². The Morgan fingerprint density at radius 3 is 2.81 bits per heavy atom. The SMILES string of the molecule is CCN(CCCNC(=O)CC1C=CCC1)c1ccccc1. The van der Waals surface area contributed by atoms with Crippen LogP contribution in [-0.4, -0.2) is 25.5 Å². The fourth-order valence-electron chi connectivity index (χ4n) is 2.78. The number of carbonyl (C=O) groups excluding carboxylic acids is 1. The fraction of sp³-hybridized carbons (Fsp3) is 0.500. The van der Waals surface area contributed by atoms with Gasteiger partial charge in [-0.2, -0.15) is 0 Å². The minimum atomic E-state index is 0.189. The van der Waals surface area contributed by atoms with Crippen LogP contribution < -0.4 is 10.2 Å². The molecule has 1 aliphatic rings. The quantitative estimate of drug-likeness (QED) is 0.587. The number of benzene rings is 1. The van der Waals surface area contributed by atoms with Gasteiger partial charge in [0.25, 0.3) is 0 Å². The number of para-hydroxylation sites is 1. The van der Waals surface area contributed by atoms with Gasteiger partial charge in [-0.1, -0.05) is 30.4 Å². The molecule has 1 unspecified atom stereocenters. The van der Waals surface area contributed by atoms with E-state index in [1.54, 1.807) is 0 Å². The molecule has 0 radical (unpaired) electrons. The maximum Gasteiger partial charge on any atom is 0.220 e. The Bertz CT molecular complexity index is 456. The van der Waals surface area contributed by atoms with Crippen molar-refractivity contribution >= 4 is 11.6 Å². The van der Waals surface area contributed by atoms with Gasteiger partial charge in [0.05, 0.1) is 0 Å². The molecule has 0 fully saturated rings. The number of amides is 1. The van der Waals surface area contributed by atoms with Crippen LogP contribution in [0.25, 0.3) is 0 Å². The van der Waals surface area contributed by atoms with Crippen molar-refractivity contribution in [2.45, 2.75) is 32.6 Å². The molecule has 0 aliphatic heterocycles. The van der Waals surface area contributed by atoms with Gasteiger partial charge >= 0.3 is 0 Å². The summed E-state index contributed by atoms with van der Waals surface area (Å²) in [6, 6.07) is 10.4. The number of anilines is 1. The molecule has 1 aliphatic carbocycles. The molecule has 1 amide bonds. The van der Waals surface area contributed by atoms with Gasteiger partial charge in [-0.3, -0.25) is 4.79 Å². The normalized spacial score (nSPS) is 16.9. The van der Waals surface area contributed by atoms with Crippen molar-refractivity contribution < 1.29 is 4.79 Å². The highest BCUT2D eigenvalue weighted by Crippen LogP contribution is 2.19. The van der Waals surface area contributed by atoms with E-state index in [0.717, 1.165) is 38.9 Å². The molecule has 0 heterocycles. The molecule has 1 aromatic rings. The van der Waals surface area contributed by atoms with Crippen LogP contribution in [0.1, 0.15) is 32.6 Å². The van der Waals surface area contributed by atoms with E-state index in [0.29, 0.717) is 12.3 Å². The summed E-state index contributed by atoms with van der Waals surface area (Å²) in [5, 5.41) is 3.04. The number of rotatable bonds is 8. The van der Waals surface area contributed by atoms with E-state index in [4.69, 9.17) is 0 Å². The molecule has 0 aromatic heterocycles. The molecule has 2 rings (SSSR count). The molecule has 114 valence electrons. The topological polar surface area (TPSA) is 32.3 Å². The van der Waals surface area contributed by atoms with Crippen LogP contribution in [0.15, 0.2) is 42.5 Å². The Labute approximate surface area is 128 Å². The van der Waals surface area contributed by atoms with Gasteiger partial charge in [0.1, 0.15) is 0 Å². The number of carbonyl (C=O) groups is 1. The molecule has 21 heavy (non-hydrogen) atoms. The predicted molar refractivity (Wildman–Crippen MR) is 88.4 cm³/mol. The molecule has 1 N–H and O–H groups in total. The van der Waals surface area contributed by atoms with Gasteiger partial charge in [0.15, 0.2) is 0 Å². The number of hydrogen-bond donors (Lipinski definition) is 1. The summed E-state index contributed by atoms with van der Waals surface area (Å²) >= 11 is 0. The zero-order valence-electron chi connectivity index (χ0n) is 12.9. The molecule has 0 bridgehead atoms. The Balaban J connectivity index is 1.64. The molecule has 3 heteroatoms. The van der Waals surface area contributed by atoms with Crippen molar-refractivity contribution in [2.75, 3.05) is 24.5 Å². The Kier molecular flexibility index (Phi) is 6.32. The molecular weight excluding hydrogens is 260 g/mol. The van der Waals surface area contributed by atoms with Crippen LogP contribution in [0.5, 0.6) is 0 Å². The Hall–Kier alpha value is -1.77. The first-order valence-corrected chi connectivity index (χ1v) is 8.03. The van der Waals surface area contributed by atoms with Crippen LogP contribution in [0, 0.1) is 5.92 Å². The van der Waals surface area contributed by atoms with Crippen molar-refractivity contribution in [2.24, 2.45) is 5.92 Å². The highest BCUT2D eigenvalue weighted by atomic mass is 16.1. The van der Waals surface area contributed by atoms with Crippen molar-refractivity contribution in [3.63, 3.8) is 0 Å². The summed E-state index contributed by atoms with van der Waals surface area (Å²) in [6.07, 6.45) is 8.23. The predicted octanol–water partition coefficient (Wildman–Crippen LogP) is 3.38. The summed E-state index contributed by atoms with van der Waals surface area (Å²) in [5.74, 6) is 0.649. The van der Waals surface area contributed by atoms with E-state index in [1.165, 1.54) is 5.69 Å². The first kappa shape index (κ1) is 15.6. The van der Waals surface area contributed by atoms with Crippen molar-refractivity contribution in [3.8, 4) is 0 Å². The molecule has 0 saturated heterocycles. The molecule has 1 aromatic carbocycles. The molecular formula is C18H26N2O. The van der Waals surface area contributed by atoms with E-state index >= 15 is 0 Å². The first-order valence-electron chi connectivity index (χ1n) is 8.03. The lowest BCUT2D eigenvalue weighted by molar-refractivity contribution is -0.121. The Morgan fingerprint density at radius 2 is 2.14 bits per heavy atom. The number of allylic oxidation sites excluding steroid dienone is 2. The second-order valence-electron chi connectivity index (χ2n) is 5.59. The van der Waals surface area contributed by atoms with Crippen LogP contribution in [0.3, 0.4) is 0 Å². The van der Waals surface area contributed by atoms with Gasteiger partial charge in [-0.05, 0) is 44.2 Å². The van der Waals surface area contributed by atoms with Gasteiger partial charge in [0, 0.05) is 31.7 Å². The lowest BCUT2D eigenvalue weighted by Gasteiger charge is -2.23. The van der Waals surface area contributed by atoms with E-state index in [9.17, 15) is 4.79 Å². The highest BCUT2D eigenvalue weighted by molar-refractivity contribution is 5.76. The summed E-state index contributed by atoms with van der Waals surface area (Å²) in [7, 11) is 0. The van der Waals surface area contributed by atoms with Crippen LogP contribution in [0.4, 0.5) is 5.69 Å². The molecule has 0 spiro atoms. The molecule has 1 atom stereocenters. The third-order valence-corrected chi connectivity index (χ3v) is 3.99. The van der Waals surface area contributed by atoms with Gasteiger partial charge < -0.3 is 10.2 Å². The number of hydrogen-bond acceptors (Lipinski definition) is 2. The van der Waals surface area contributed by atoms with Gasteiger partial charge in [-0.25, -0.2) is 0 Å². The maximum atomic E-state index is 11.8. The first-order chi connectivity index (χ1) is 10.3. The monoisotopic (exact) mass is 286 g/mol. The molecule has 3 nitrogen and oxygen atoms in total. The van der Waals surface area contributed by atoms with E-state index in [-0.39, 0.29) is 5.91 Å². The second-order valence-corrected chi connectivity index (χ2v) is 5.59. The second kappa shape index (κ2) is 8.50. The van der Waals surface area contributed by atoms with Crippen LogP contribution in [0.2, 0.25) is 0 Å². The summed E-state index contributed by atoms with van der Waals surface area (Å²) < 4.78 is 0. The fourth-order valence-corrected chi connectivity index (χ4v) is 2.78. The minimum absolute atomic E-state index is 0.189. The maximum absolute atomic E-state index is 11.8. The van der Waals surface area contributed by atoms with Crippen LogP contribution in [-0.2, 0) is 4.79 Å².